The topological polar surface area (TPSA) is 74.2 Å². The highest BCUT2D eigenvalue weighted by atomic mass is 16.5. The monoisotopic (exact) mass is 327 g/mol. The summed E-state index contributed by atoms with van der Waals surface area (Å²) in [5.41, 5.74) is 1.29. The number of carbonyl (C=O) groups excluding carboxylic acids is 1. The summed E-state index contributed by atoms with van der Waals surface area (Å²) in [6.45, 7) is 2.76. The van der Waals surface area contributed by atoms with Crippen LogP contribution in [0.3, 0.4) is 0 Å². The molecule has 0 aliphatic heterocycles. The van der Waals surface area contributed by atoms with Gasteiger partial charge in [-0.25, -0.2) is 4.79 Å². The van der Waals surface area contributed by atoms with Gasteiger partial charge in [-0.15, -0.1) is 0 Å². The van der Waals surface area contributed by atoms with Crippen molar-refractivity contribution in [3.05, 3.63) is 29.8 Å². The second-order valence-electron chi connectivity index (χ2n) is 6.82. The molecule has 2 aliphatic carbocycles. The molecule has 128 valence electrons. The maximum atomic E-state index is 12.4. The SMILES string of the molecule is CCO[C@@H]1C[C@@H](NC(=O)Nc2cccc(C#N)c2)C12CCCCC2. The van der Waals surface area contributed by atoms with Gasteiger partial charge in [-0.3, -0.25) is 0 Å². The number of nitrogens with one attached hydrogen (secondary N) is 2. The van der Waals surface area contributed by atoms with Gasteiger partial charge in [-0.05, 0) is 44.4 Å². The van der Waals surface area contributed by atoms with Gasteiger partial charge in [-0.2, -0.15) is 5.26 Å². The number of amides is 2. The van der Waals surface area contributed by atoms with Crippen LogP contribution in [0.1, 0.15) is 51.0 Å². The Hall–Kier alpha value is -2.06. The summed E-state index contributed by atoms with van der Waals surface area (Å²) in [6, 6.07) is 9.02. The largest absolute Gasteiger partial charge is 0.378 e. The highest BCUT2D eigenvalue weighted by Gasteiger charge is 2.56. The van der Waals surface area contributed by atoms with Crippen LogP contribution >= 0.6 is 0 Å². The molecule has 0 radical (unpaired) electrons. The molecule has 24 heavy (non-hydrogen) atoms. The quantitative estimate of drug-likeness (QED) is 0.883. The first-order valence-corrected chi connectivity index (χ1v) is 8.87. The first kappa shape index (κ1) is 16.8. The number of nitrogens with zero attached hydrogens (tertiary/aromatic N) is 1. The van der Waals surface area contributed by atoms with Crippen LogP contribution < -0.4 is 10.6 Å². The third kappa shape index (κ3) is 3.25. The third-order valence-electron chi connectivity index (χ3n) is 5.49. The summed E-state index contributed by atoms with van der Waals surface area (Å²) in [5, 5.41) is 14.9. The van der Waals surface area contributed by atoms with E-state index in [2.05, 4.69) is 16.7 Å². The lowest BCUT2D eigenvalue weighted by Gasteiger charge is -2.57. The highest BCUT2D eigenvalue weighted by Crippen LogP contribution is 2.53. The van der Waals surface area contributed by atoms with Gasteiger partial charge in [0, 0.05) is 23.8 Å². The second kappa shape index (κ2) is 7.23. The minimum Gasteiger partial charge on any atom is -0.378 e. The van der Waals surface area contributed by atoms with E-state index < -0.39 is 0 Å². The van der Waals surface area contributed by atoms with Crippen molar-refractivity contribution >= 4 is 11.7 Å². The zero-order chi connectivity index (χ0) is 17.0. The van der Waals surface area contributed by atoms with Crippen molar-refractivity contribution in [3.63, 3.8) is 0 Å². The molecule has 0 heterocycles. The van der Waals surface area contributed by atoms with Crippen LogP contribution in [-0.2, 0) is 4.74 Å². The molecule has 0 saturated heterocycles. The molecule has 1 aromatic carbocycles. The molecular formula is C19H25N3O2. The fraction of sp³-hybridized carbons (Fsp3) is 0.579. The molecule has 0 aromatic heterocycles. The predicted molar refractivity (Wildman–Crippen MR) is 92.6 cm³/mol. The number of anilines is 1. The van der Waals surface area contributed by atoms with Crippen LogP contribution in [0.2, 0.25) is 0 Å². The van der Waals surface area contributed by atoms with Crippen molar-refractivity contribution in [1.82, 2.24) is 5.32 Å². The van der Waals surface area contributed by atoms with Crippen LogP contribution in [0.25, 0.3) is 0 Å². The molecule has 1 aromatic rings. The zero-order valence-electron chi connectivity index (χ0n) is 14.2. The molecule has 2 saturated carbocycles. The molecule has 3 rings (SSSR count). The molecule has 0 bridgehead atoms. The molecular weight excluding hydrogens is 302 g/mol. The smallest absolute Gasteiger partial charge is 0.319 e. The van der Waals surface area contributed by atoms with Gasteiger partial charge in [0.1, 0.15) is 0 Å². The standard InChI is InChI=1S/C19H25N3O2/c1-2-24-17-12-16(19(17)9-4-3-5-10-19)22-18(23)21-15-8-6-7-14(11-15)13-20/h6-8,11,16-17H,2-5,9-10,12H2,1H3,(H2,21,22,23)/t16-,17-/m1/s1. The van der Waals surface area contributed by atoms with Gasteiger partial charge in [-0.1, -0.05) is 25.3 Å². The summed E-state index contributed by atoms with van der Waals surface area (Å²) >= 11 is 0. The average Bonchev–Trinajstić information content (AvgIpc) is 2.61. The minimum absolute atomic E-state index is 0.111. The van der Waals surface area contributed by atoms with Gasteiger partial charge in [0.15, 0.2) is 0 Å². The molecule has 5 nitrogen and oxygen atoms in total. The second-order valence-corrected chi connectivity index (χ2v) is 6.82. The Morgan fingerprint density at radius 2 is 2.17 bits per heavy atom. The van der Waals surface area contributed by atoms with E-state index in [9.17, 15) is 4.79 Å². The van der Waals surface area contributed by atoms with Gasteiger partial charge < -0.3 is 15.4 Å². The number of ether oxygens (including phenoxy) is 1. The summed E-state index contributed by atoms with van der Waals surface area (Å²) in [5.74, 6) is 0. The predicted octanol–water partition coefficient (Wildman–Crippen LogP) is 3.81. The Bertz CT molecular complexity index is 632. The van der Waals surface area contributed by atoms with Crippen molar-refractivity contribution in [2.24, 2.45) is 5.41 Å². The molecule has 1 spiro atoms. The lowest BCUT2D eigenvalue weighted by Crippen LogP contribution is -2.65. The maximum Gasteiger partial charge on any atom is 0.319 e. The molecule has 2 amide bonds. The summed E-state index contributed by atoms with van der Waals surface area (Å²) in [4.78, 5) is 12.4. The van der Waals surface area contributed by atoms with E-state index in [-0.39, 0.29) is 23.6 Å². The summed E-state index contributed by atoms with van der Waals surface area (Å²) in [7, 11) is 0. The van der Waals surface area contributed by atoms with Crippen molar-refractivity contribution in [2.75, 3.05) is 11.9 Å². The molecule has 2 atom stereocenters. The van der Waals surface area contributed by atoms with Gasteiger partial charge in [0.25, 0.3) is 0 Å². The number of hydrogen-bond acceptors (Lipinski definition) is 3. The summed E-state index contributed by atoms with van der Waals surface area (Å²) in [6.07, 6.45) is 7.13. The van der Waals surface area contributed by atoms with Gasteiger partial charge in [0.05, 0.1) is 17.7 Å². The Morgan fingerprint density at radius 3 is 2.88 bits per heavy atom. The fourth-order valence-electron chi connectivity index (χ4n) is 4.26. The number of carbonyl (C=O) groups is 1. The molecule has 2 aliphatic rings. The van der Waals surface area contributed by atoms with E-state index in [1.54, 1.807) is 24.3 Å². The van der Waals surface area contributed by atoms with Crippen LogP contribution in [-0.4, -0.2) is 24.8 Å². The van der Waals surface area contributed by atoms with Crippen LogP contribution in [0.15, 0.2) is 24.3 Å². The Kier molecular flexibility index (Phi) is 5.06. The Labute approximate surface area is 143 Å². The summed E-state index contributed by atoms with van der Waals surface area (Å²) < 4.78 is 5.92. The van der Waals surface area contributed by atoms with Crippen LogP contribution in [0.5, 0.6) is 0 Å². The molecule has 0 unspecified atom stereocenters. The number of urea groups is 1. The van der Waals surface area contributed by atoms with Crippen molar-refractivity contribution in [3.8, 4) is 6.07 Å². The number of hydrogen-bond donors (Lipinski definition) is 2. The number of rotatable bonds is 4. The maximum absolute atomic E-state index is 12.4. The zero-order valence-corrected chi connectivity index (χ0v) is 14.2. The normalized spacial score (nSPS) is 24.7. The Balaban J connectivity index is 1.62. The molecule has 2 N–H and O–H groups in total. The third-order valence-corrected chi connectivity index (χ3v) is 5.49. The first-order valence-electron chi connectivity index (χ1n) is 8.87. The highest BCUT2D eigenvalue weighted by molar-refractivity contribution is 5.89. The number of nitriles is 1. The van der Waals surface area contributed by atoms with Crippen molar-refractivity contribution < 1.29 is 9.53 Å². The Morgan fingerprint density at radius 1 is 1.38 bits per heavy atom. The van der Waals surface area contributed by atoms with Crippen molar-refractivity contribution in [2.45, 2.75) is 57.6 Å². The van der Waals surface area contributed by atoms with Crippen LogP contribution in [0, 0.1) is 16.7 Å². The van der Waals surface area contributed by atoms with E-state index >= 15 is 0 Å². The minimum atomic E-state index is -0.199. The van der Waals surface area contributed by atoms with E-state index in [1.165, 1.54) is 19.3 Å². The molecule has 5 heteroatoms. The first-order chi connectivity index (χ1) is 11.7. The fourth-order valence-corrected chi connectivity index (χ4v) is 4.26. The van der Waals surface area contributed by atoms with Crippen molar-refractivity contribution in [1.29, 1.82) is 5.26 Å². The van der Waals surface area contributed by atoms with Gasteiger partial charge >= 0.3 is 6.03 Å². The molecule has 2 fully saturated rings. The van der Waals surface area contributed by atoms with E-state index in [1.807, 2.05) is 6.92 Å². The van der Waals surface area contributed by atoms with E-state index in [0.29, 0.717) is 11.3 Å². The van der Waals surface area contributed by atoms with E-state index in [4.69, 9.17) is 10.00 Å². The van der Waals surface area contributed by atoms with E-state index in [0.717, 1.165) is 25.9 Å². The van der Waals surface area contributed by atoms with Crippen LogP contribution in [0.4, 0.5) is 10.5 Å². The lowest BCUT2D eigenvalue weighted by atomic mass is 9.55. The van der Waals surface area contributed by atoms with Gasteiger partial charge in [0.2, 0.25) is 0 Å². The lowest BCUT2D eigenvalue weighted by molar-refractivity contribution is -0.146. The number of benzene rings is 1. The average molecular weight is 327 g/mol.